The standard InChI is InChI=1S/C21H21FN2O3/c22-17-5-1-2-6-19(17)27-13-20(25)23-16-9-10-18-15(12-16)4-3-11-24(18)21(26)14-7-8-14/h1-2,5-6,9-10,12,14H,3-4,7-8,11,13H2,(H,23,25). The van der Waals surface area contributed by atoms with Crippen molar-refractivity contribution in [3.63, 3.8) is 0 Å². The first-order valence-electron chi connectivity index (χ1n) is 9.23. The first kappa shape index (κ1) is 17.5. The van der Waals surface area contributed by atoms with Crippen molar-refractivity contribution in [2.75, 3.05) is 23.4 Å². The van der Waals surface area contributed by atoms with Crippen molar-refractivity contribution < 1.29 is 18.7 Å². The minimum atomic E-state index is -0.500. The van der Waals surface area contributed by atoms with Gasteiger partial charge >= 0.3 is 0 Å². The molecule has 1 fully saturated rings. The molecule has 0 bridgehead atoms. The smallest absolute Gasteiger partial charge is 0.262 e. The molecule has 0 unspecified atom stereocenters. The minimum Gasteiger partial charge on any atom is -0.481 e. The molecule has 1 aliphatic carbocycles. The lowest BCUT2D eigenvalue weighted by molar-refractivity contribution is -0.120. The van der Waals surface area contributed by atoms with Crippen LogP contribution in [0.5, 0.6) is 5.75 Å². The van der Waals surface area contributed by atoms with Crippen LogP contribution >= 0.6 is 0 Å². The quantitative estimate of drug-likeness (QED) is 0.878. The van der Waals surface area contributed by atoms with Crippen molar-refractivity contribution in [3.8, 4) is 5.75 Å². The van der Waals surface area contributed by atoms with Crippen molar-refractivity contribution >= 4 is 23.2 Å². The Morgan fingerprint density at radius 3 is 2.78 bits per heavy atom. The third-order valence-electron chi connectivity index (χ3n) is 4.87. The van der Waals surface area contributed by atoms with E-state index in [4.69, 9.17) is 4.74 Å². The largest absolute Gasteiger partial charge is 0.481 e. The molecule has 0 atom stereocenters. The Kier molecular flexibility index (Phi) is 4.79. The van der Waals surface area contributed by atoms with Crippen molar-refractivity contribution in [1.29, 1.82) is 0 Å². The summed E-state index contributed by atoms with van der Waals surface area (Å²) in [5, 5.41) is 2.77. The molecule has 5 nitrogen and oxygen atoms in total. The Morgan fingerprint density at radius 1 is 1.19 bits per heavy atom. The number of nitrogens with one attached hydrogen (secondary N) is 1. The zero-order valence-corrected chi connectivity index (χ0v) is 14.9. The van der Waals surface area contributed by atoms with Crippen LogP contribution in [0.3, 0.4) is 0 Å². The van der Waals surface area contributed by atoms with Gasteiger partial charge in [-0.3, -0.25) is 9.59 Å². The number of nitrogens with zero attached hydrogens (tertiary/aromatic N) is 1. The Bertz CT molecular complexity index is 879. The van der Waals surface area contributed by atoms with Crippen LogP contribution in [0.1, 0.15) is 24.8 Å². The average Bonchev–Trinajstić information content (AvgIpc) is 3.51. The van der Waals surface area contributed by atoms with Gasteiger partial charge in [0.2, 0.25) is 5.91 Å². The van der Waals surface area contributed by atoms with E-state index in [1.165, 1.54) is 12.1 Å². The monoisotopic (exact) mass is 368 g/mol. The number of para-hydroxylation sites is 1. The Hall–Kier alpha value is -2.89. The van der Waals surface area contributed by atoms with Gasteiger partial charge < -0.3 is 15.0 Å². The van der Waals surface area contributed by atoms with E-state index in [2.05, 4.69) is 5.32 Å². The summed E-state index contributed by atoms with van der Waals surface area (Å²) in [6.07, 6.45) is 3.76. The molecule has 1 aliphatic heterocycles. The van der Waals surface area contributed by atoms with Gasteiger partial charge in [-0.05, 0) is 61.6 Å². The first-order chi connectivity index (χ1) is 13.1. The molecular formula is C21H21FN2O3. The van der Waals surface area contributed by atoms with Crippen LogP contribution in [-0.4, -0.2) is 25.0 Å². The van der Waals surface area contributed by atoms with Crippen LogP contribution in [0, 0.1) is 11.7 Å². The summed E-state index contributed by atoms with van der Waals surface area (Å²) in [5.74, 6) is -0.413. The van der Waals surface area contributed by atoms with Gasteiger partial charge in [-0.15, -0.1) is 0 Å². The predicted molar refractivity (Wildman–Crippen MR) is 100 cm³/mol. The van der Waals surface area contributed by atoms with E-state index in [0.29, 0.717) is 5.69 Å². The van der Waals surface area contributed by atoms with Gasteiger partial charge in [-0.25, -0.2) is 4.39 Å². The van der Waals surface area contributed by atoms with Crippen molar-refractivity contribution in [1.82, 2.24) is 0 Å². The van der Waals surface area contributed by atoms with E-state index in [0.717, 1.165) is 43.5 Å². The number of ether oxygens (including phenoxy) is 1. The Balaban J connectivity index is 1.40. The number of carbonyl (C=O) groups excluding carboxylic acids is 2. The zero-order valence-electron chi connectivity index (χ0n) is 14.9. The molecule has 0 spiro atoms. The van der Waals surface area contributed by atoms with Crippen LogP contribution in [0.15, 0.2) is 42.5 Å². The molecule has 1 N–H and O–H groups in total. The summed E-state index contributed by atoms with van der Waals surface area (Å²) in [5.41, 5.74) is 2.65. The molecule has 2 amide bonds. The van der Waals surface area contributed by atoms with Crippen LogP contribution in [0.2, 0.25) is 0 Å². The van der Waals surface area contributed by atoms with Gasteiger partial charge in [-0.1, -0.05) is 12.1 Å². The molecular weight excluding hydrogens is 347 g/mol. The van der Waals surface area contributed by atoms with Crippen molar-refractivity contribution in [2.45, 2.75) is 25.7 Å². The molecule has 140 valence electrons. The summed E-state index contributed by atoms with van der Waals surface area (Å²) in [6, 6.07) is 11.6. The zero-order chi connectivity index (χ0) is 18.8. The van der Waals surface area contributed by atoms with E-state index >= 15 is 0 Å². The van der Waals surface area contributed by atoms with Gasteiger partial charge in [0.1, 0.15) is 0 Å². The van der Waals surface area contributed by atoms with E-state index < -0.39 is 5.82 Å². The number of rotatable bonds is 5. The average molecular weight is 368 g/mol. The highest BCUT2D eigenvalue weighted by Crippen LogP contribution is 2.36. The SMILES string of the molecule is O=C(COc1ccccc1F)Nc1ccc2c(c1)CCCN2C(=O)C1CC1. The Labute approximate surface area is 157 Å². The molecule has 0 aromatic heterocycles. The van der Waals surface area contributed by atoms with E-state index in [-0.39, 0.29) is 30.1 Å². The highest BCUT2D eigenvalue weighted by atomic mass is 19.1. The third kappa shape index (κ3) is 3.94. The van der Waals surface area contributed by atoms with Gasteiger partial charge in [0, 0.05) is 23.8 Å². The first-order valence-corrected chi connectivity index (χ1v) is 9.23. The lowest BCUT2D eigenvalue weighted by atomic mass is 10.0. The summed E-state index contributed by atoms with van der Waals surface area (Å²) in [7, 11) is 0. The summed E-state index contributed by atoms with van der Waals surface area (Å²) >= 11 is 0. The number of hydrogen-bond donors (Lipinski definition) is 1. The van der Waals surface area contributed by atoms with E-state index in [1.807, 2.05) is 17.0 Å². The van der Waals surface area contributed by atoms with Crippen molar-refractivity contribution in [3.05, 3.63) is 53.8 Å². The molecule has 2 aromatic carbocycles. The predicted octanol–water partition coefficient (Wildman–Crippen LogP) is 3.53. The van der Waals surface area contributed by atoms with E-state index in [9.17, 15) is 14.0 Å². The molecule has 27 heavy (non-hydrogen) atoms. The number of fused-ring (bicyclic) bond motifs is 1. The number of hydrogen-bond acceptors (Lipinski definition) is 3. The fourth-order valence-electron chi connectivity index (χ4n) is 3.36. The van der Waals surface area contributed by atoms with Gasteiger partial charge in [0.15, 0.2) is 18.2 Å². The number of halogens is 1. The summed E-state index contributed by atoms with van der Waals surface area (Å²) in [6.45, 7) is 0.481. The highest BCUT2D eigenvalue weighted by Gasteiger charge is 2.35. The minimum absolute atomic E-state index is 0.0484. The number of anilines is 2. The molecule has 2 aromatic rings. The summed E-state index contributed by atoms with van der Waals surface area (Å²) < 4.78 is 18.8. The molecule has 0 radical (unpaired) electrons. The fourth-order valence-corrected chi connectivity index (χ4v) is 3.36. The highest BCUT2D eigenvalue weighted by molar-refractivity contribution is 5.98. The van der Waals surface area contributed by atoms with Crippen LogP contribution in [-0.2, 0) is 16.0 Å². The number of amides is 2. The summed E-state index contributed by atoms with van der Waals surface area (Å²) in [4.78, 5) is 26.4. The molecule has 1 heterocycles. The molecule has 4 rings (SSSR count). The van der Waals surface area contributed by atoms with Crippen LogP contribution in [0.4, 0.5) is 15.8 Å². The molecule has 6 heteroatoms. The molecule has 1 saturated carbocycles. The van der Waals surface area contributed by atoms with Crippen LogP contribution in [0.25, 0.3) is 0 Å². The van der Waals surface area contributed by atoms with Gasteiger partial charge in [0.05, 0.1) is 0 Å². The normalized spacial score (nSPS) is 15.8. The number of aryl methyl sites for hydroxylation is 1. The lowest BCUT2D eigenvalue weighted by Crippen LogP contribution is -2.36. The number of benzene rings is 2. The number of carbonyl (C=O) groups is 2. The van der Waals surface area contributed by atoms with Crippen LogP contribution < -0.4 is 15.0 Å². The van der Waals surface area contributed by atoms with Gasteiger partial charge in [-0.2, -0.15) is 0 Å². The topological polar surface area (TPSA) is 58.6 Å². The second-order valence-corrected chi connectivity index (χ2v) is 6.98. The third-order valence-corrected chi connectivity index (χ3v) is 4.87. The lowest BCUT2D eigenvalue weighted by Gasteiger charge is -2.30. The van der Waals surface area contributed by atoms with Crippen molar-refractivity contribution in [2.24, 2.45) is 5.92 Å². The second kappa shape index (κ2) is 7.39. The van der Waals surface area contributed by atoms with E-state index in [1.54, 1.807) is 18.2 Å². The second-order valence-electron chi connectivity index (χ2n) is 6.98. The molecule has 2 aliphatic rings. The molecule has 0 saturated heterocycles. The van der Waals surface area contributed by atoms with Gasteiger partial charge in [0.25, 0.3) is 5.91 Å². The maximum atomic E-state index is 13.5. The Morgan fingerprint density at radius 2 is 2.00 bits per heavy atom. The maximum absolute atomic E-state index is 13.5. The maximum Gasteiger partial charge on any atom is 0.262 e. The fraction of sp³-hybridized carbons (Fsp3) is 0.333.